The quantitative estimate of drug-likeness (QED) is 0.713. The van der Waals surface area contributed by atoms with Gasteiger partial charge in [-0.05, 0) is 17.7 Å². The predicted molar refractivity (Wildman–Crippen MR) is 93.6 cm³/mol. The third-order valence-corrected chi connectivity index (χ3v) is 4.16. The Balaban J connectivity index is 1.85. The van der Waals surface area contributed by atoms with Gasteiger partial charge in [-0.25, -0.2) is 4.68 Å². The molecule has 3 aromatic rings. The fourth-order valence-corrected chi connectivity index (χ4v) is 2.72. The van der Waals surface area contributed by atoms with Gasteiger partial charge in [-0.1, -0.05) is 48.0 Å². The van der Waals surface area contributed by atoms with Crippen molar-refractivity contribution in [3.8, 4) is 0 Å². The number of benzene rings is 2. The molecular weight excluding hydrogens is 358 g/mol. The lowest BCUT2D eigenvalue weighted by Gasteiger charge is -2.12. The molecule has 0 bridgehead atoms. The number of hydrogen-bond acceptors (Lipinski definition) is 5. The van der Waals surface area contributed by atoms with Crippen molar-refractivity contribution in [2.45, 2.75) is 13.1 Å². The molecule has 7 nitrogen and oxygen atoms in total. The van der Waals surface area contributed by atoms with Crippen molar-refractivity contribution in [1.29, 1.82) is 0 Å². The van der Waals surface area contributed by atoms with Crippen LogP contribution in [0.1, 0.15) is 16.1 Å². The molecule has 1 heterocycles. The Morgan fingerprint density at radius 1 is 1.08 bits per heavy atom. The average molecular weight is 371 g/mol. The molecule has 132 valence electrons. The maximum Gasteiger partial charge on any atom is 0.275 e. The Morgan fingerprint density at radius 2 is 1.73 bits per heavy atom. The summed E-state index contributed by atoms with van der Waals surface area (Å²) >= 11 is 6.02. The van der Waals surface area contributed by atoms with Crippen LogP contribution in [0.2, 0.25) is 5.02 Å². The van der Waals surface area contributed by atoms with Gasteiger partial charge < -0.3 is 15.2 Å². The van der Waals surface area contributed by atoms with Gasteiger partial charge in [-0.2, -0.15) is 5.10 Å². The highest BCUT2D eigenvalue weighted by atomic mass is 35.5. The number of carbonyl (C=O) groups excluding carboxylic acids is 2. The number of aromatic carboxylic acids is 1. The van der Waals surface area contributed by atoms with Gasteiger partial charge in [0.05, 0.1) is 11.4 Å². The highest BCUT2D eigenvalue weighted by Gasteiger charge is 2.13. The second-order valence-corrected chi connectivity index (χ2v) is 5.92. The van der Waals surface area contributed by atoms with Crippen molar-refractivity contribution in [1.82, 2.24) is 15.1 Å². The lowest BCUT2D eigenvalue weighted by Crippen LogP contribution is -2.36. The fraction of sp³-hybridized carbons (Fsp3) is 0.111. The highest BCUT2D eigenvalue weighted by molar-refractivity contribution is 6.31. The Kier molecular flexibility index (Phi) is 4.99. The molecule has 8 heteroatoms. The van der Waals surface area contributed by atoms with Gasteiger partial charge in [0.2, 0.25) is 5.91 Å². The second kappa shape index (κ2) is 7.37. The minimum atomic E-state index is -1.52. The molecule has 1 aromatic heterocycles. The van der Waals surface area contributed by atoms with E-state index in [4.69, 9.17) is 11.6 Å². The van der Waals surface area contributed by atoms with Crippen LogP contribution in [0, 0.1) is 0 Å². The standard InChI is InChI=1S/C18H14ClN3O4/c19-14-8-4-1-5-11(14)9-20-15(23)10-22-17(24)13-7-3-2-6-12(13)16(21-22)18(25)26/h1-8H,9-10H2,(H,20,23)(H,25,26)/p-1. The molecule has 0 fully saturated rings. The Labute approximate surface area is 152 Å². The van der Waals surface area contributed by atoms with E-state index in [9.17, 15) is 19.5 Å². The second-order valence-electron chi connectivity index (χ2n) is 5.51. The topological polar surface area (TPSA) is 104 Å². The van der Waals surface area contributed by atoms with Gasteiger partial charge in [0.25, 0.3) is 5.56 Å². The van der Waals surface area contributed by atoms with E-state index in [1.165, 1.54) is 12.1 Å². The van der Waals surface area contributed by atoms with E-state index >= 15 is 0 Å². The lowest BCUT2D eigenvalue weighted by atomic mass is 10.1. The molecule has 0 saturated carbocycles. The Hall–Kier alpha value is -3.19. The van der Waals surface area contributed by atoms with E-state index in [1.807, 2.05) is 0 Å². The molecule has 0 spiro atoms. The molecule has 1 N–H and O–H groups in total. The van der Waals surface area contributed by atoms with Crippen LogP contribution in [0.15, 0.2) is 53.3 Å². The minimum absolute atomic E-state index is 0.153. The van der Waals surface area contributed by atoms with E-state index in [0.717, 1.165) is 10.2 Å². The van der Waals surface area contributed by atoms with Crippen LogP contribution in [0.5, 0.6) is 0 Å². The molecule has 1 amide bonds. The number of nitrogens with one attached hydrogen (secondary N) is 1. The molecule has 0 saturated heterocycles. The Morgan fingerprint density at radius 3 is 2.42 bits per heavy atom. The summed E-state index contributed by atoms with van der Waals surface area (Å²) in [4.78, 5) is 35.9. The van der Waals surface area contributed by atoms with Crippen LogP contribution >= 0.6 is 11.6 Å². The molecule has 0 unspecified atom stereocenters. The summed E-state index contributed by atoms with van der Waals surface area (Å²) in [6.07, 6.45) is 0. The molecule has 0 aliphatic carbocycles. The molecule has 3 rings (SSSR count). The summed E-state index contributed by atoms with van der Waals surface area (Å²) in [5.74, 6) is -2.02. The predicted octanol–water partition coefficient (Wildman–Crippen LogP) is 0.730. The van der Waals surface area contributed by atoms with E-state index in [2.05, 4.69) is 10.4 Å². The Bertz CT molecular complexity index is 1060. The van der Waals surface area contributed by atoms with E-state index in [-0.39, 0.29) is 23.0 Å². The smallest absolute Gasteiger partial charge is 0.275 e. The molecule has 0 aliphatic heterocycles. The number of hydrogen-bond donors (Lipinski definition) is 1. The number of carboxylic acid groups (broad SMARTS) is 1. The number of fused-ring (bicyclic) bond motifs is 1. The van der Waals surface area contributed by atoms with Gasteiger partial charge in [-0.3, -0.25) is 9.59 Å². The van der Waals surface area contributed by atoms with Crippen molar-refractivity contribution >= 4 is 34.2 Å². The number of rotatable bonds is 5. The first kappa shape index (κ1) is 17.6. The number of aromatic nitrogens is 2. The third-order valence-electron chi connectivity index (χ3n) is 3.79. The zero-order chi connectivity index (χ0) is 18.7. The van der Waals surface area contributed by atoms with Crippen LogP contribution in [0.25, 0.3) is 10.8 Å². The first-order chi connectivity index (χ1) is 12.5. The van der Waals surface area contributed by atoms with Crippen molar-refractivity contribution in [2.75, 3.05) is 0 Å². The monoisotopic (exact) mass is 370 g/mol. The van der Waals surface area contributed by atoms with Crippen LogP contribution < -0.4 is 16.0 Å². The third kappa shape index (κ3) is 3.57. The molecule has 0 atom stereocenters. The number of carboxylic acids is 1. The van der Waals surface area contributed by atoms with E-state index in [1.54, 1.807) is 36.4 Å². The van der Waals surface area contributed by atoms with Gasteiger partial charge in [0.1, 0.15) is 12.2 Å². The van der Waals surface area contributed by atoms with Crippen LogP contribution in [-0.2, 0) is 17.9 Å². The molecular formula is C18H13ClN3O4-. The molecule has 0 radical (unpaired) electrons. The first-order valence-electron chi connectivity index (χ1n) is 7.68. The number of amides is 1. The lowest BCUT2D eigenvalue weighted by molar-refractivity contribution is -0.255. The highest BCUT2D eigenvalue weighted by Crippen LogP contribution is 2.14. The summed E-state index contributed by atoms with van der Waals surface area (Å²) in [5.41, 5.74) is -0.227. The van der Waals surface area contributed by atoms with Crippen LogP contribution in [0.4, 0.5) is 0 Å². The van der Waals surface area contributed by atoms with Gasteiger partial charge in [-0.15, -0.1) is 0 Å². The zero-order valence-electron chi connectivity index (χ0n) is 13.4. The maximum absolute atomic E-state index is 12.5. The fourth-order valence-electron chi connectivity index (χ4n) is 2.52. The van der Waals surface area contributed by atoms with Crippen LogP contribution in [-0.4, -0.2) is 21.7 Å². The summed E-state index contributed by atoms with van der Waals surface area (Å²) in [5, 5.41) is 18.5. The van der Waals surface area contributed by atoms with E-state index < -0.39 is 24.0 Å². The summed E-state index contributed by atoms with van der Waals surface area (Å²) in [6.45, 7) is -0.247. The summed E-state index contributed by atoms with van der Waals surface area (Å²) in [7, 11) is 0. The normalized spacial score (nSPS) is 10.7. The first-order valence-corrected chi connectivity index (χ1v) is 8.06. The van der Waals surface area contributed by atoms with Crippen molar-refractivity contribution in [2.24, 2.45) is 0 Å². The largest absolute Gasteiger partial charge is 0.543 e. The van der Waals surface area contributed by atoms with E-state index in [0.29, 0.717) is 5.02 Å². The zero-order valence-corrected chi connectivity index (χ0v) is 14.2. The SMILES string of the molecule is O=C(Cn1nc(C(=O)[O-])c2ccccc2c1=O)NCc1ccccc1Cl. The van der Waals surface area contributed by atoms with Crippen molar-refractivity contribution in [3.05, 3.63) is 75.2 Å². The average Bonchev–Trinajstić information content (AvgIpc) is 2.63. The summed E-state index contributed by atoms with van der Waals surface area (Å²) < 4.78 is 0.815. The summed E-state index contributed by atoms with van der Waals surface area (Å²) in [6, 6.07) is 13.2. The maximum atomic E-state index is 12.5. The van der Waals surface area contributed by atoms with Gasteiger partial charge in [0, 0.05) is 17.0 Å². The number of halogens is 1. The van der Waals surface area contributed by atoms with Crippen molar-refractivity contribution in [3.63, 3.8) is 0 Å². The molecule has 26 heavy (non-hydrogen) atoms. The minimum Gasteiger partial charge on any atom is -0.543 e. The van der Waals surface area contributed by atoms with Crippen LogP contribution in [0.3, 0.4) is 0 Å². The van der Waals surface area contributed by atoms with Gasteiger partial charge >= 0.3 is 0 Å². The number of carbonyl (C=O) groups is 2. The van der Waals surface area contributed by atoms with Crippen molar-refractivity contribution < 1.29 is 14.7 Å². The molecule has 2 aromatic carbocycles. The molecule has 0 aliphatic rings. The number of nitrogens with zero attached hydrogens (tertiary/aromatic N) is 2. The van der Waals surface area contributed by atoms with Gasteiger partial charge in [0.15, 0.2) is 0 Å².